The van der Waals surface area contributed by atoms with Gasteiger partial charge in [-0.1, -0.05) is 30.0 Å². The highest BCUT2D eigenvalue weighted by molar-refractivity contribution is 7.99. The molecule has 0 spiro atoms. The smallest absolute Gasteiger partial charge is 0.262 e. The Balaban J connectivity index is 1.17. The van der Waals surface area contributed by atoms with E-state index in [2.05, 4.69) is 27.3 Å². The van der Waals surface area contributed by atoms with E-state index >= 15 is 0 Å². The molecule has 6 rings (SSSR count). The van der Waals surface area contributed by atoms with Gasteiger partial charge < -0.3 is 24.6 Å². The summed E-state index contributed by atoms with van der Waals surface area (Å²) in [5.41, 5.74) is 1.66. The van der Waals surface area contributed by atoms with Crippen LogP contribution in [0.1, 0.15) is 6.42 Å². The molecule has 0 aliphatic carbocycles. The molecule has 0 radical (unpaired) electrons. The number of fused-ring (bicyclic) bond motifs is 2. The van der Waals surface area contributed by atoms with E-state index in [-0.39, 0.29) is 42.9 Å². The molecule has 2 aliphatic heterocycles. The van der Waals surface area contributed by atoms with Crippen LogP contribution >= 0.6 is 11.8 Å². The van der Waals surface area contributed by atoms with Crippen molar-refractivity contribution in [1.82, 2.24) is 14.5 Å². The van der Waals surface area contributed by atoms with Crippen LogP contribution in [0.4, 0.5) is 15.8 Å². The first-order chi connectivity index (χ1) is 20.4. The van der Waals surface area contributed by atoms with Gasteiger partial charge in [0.05, 0.1) is 16.7 Å². The molecule has 3 heterocycles. The van der Waals surface area contributed by atoms with E-state index in [1.54, 1.807) is 12.1 Å². The van der Waals surface area contributed by atoms with Crippen molar-refractivity contribution in [3.63, 3.8) is 0 Å². The highest BCUT2D eigenvalue weighted by atomic mass is 32.2. The third-order valence-electron chi connectivity index (χ3n) is 7.18. The number of thioether (sulfide) groups is 1. The highest BCUT2D eigenvalue weighted by Gasteiger charge is 2.23. The van der Waals surface area contributed by atoms with Crippen molar-refractivity contribution in [3.05, 3.63) is 82.9 Å². The topological polar surface area (TPSA) is 106 Å². The van der Waals surface area contributed by atoms with Gasteiger partial charge in [0.2, 0.25) is 18.6 Å². The lowest BCUT2D eigenvalue weighted by Crippen LogP contribution is -2.49. The van der Waals surface area contributed by atoms with Crippen molar-refractivity contribution >= 4 is 45.9 Å². The van der Waals surface area contributed by atoms with Gasteiger partial charge in [-0.15, -0.1) is 0 Å². The minimum Gasteiger partial charge on any atom is -0.454 e. The maximum Gasteiger partial charge on any atom is 0.262 e. The van der Waals surface area contributed by atoms with Crippen LogP contribution in [-0.4, -0.2) is 65.0 Å². The second-order valence-corrected chi connectivity index (χ2v) is 10.8. The molecule has 216 valence electrons. The average molecular weight is 590 g/mol. The van der Waals surface area contributed by atoms with E-state index in [4.69, 9.17) is 9.47 Å². The number of aromatic nitrogens is 2. The number of amides is 2. The second-order valence-electron chi connectivity index (χ2n) is 9.87. The molecule has 0 atom stereocenters. The fraction of sp³-hybridized carbons (Fsp3) is 0.267. The van der Waals surface area contributed by atoms with Gasteiger partial charge in [-0.2, -0.15) is 0 Å². The first-order valence-electron chi connectivity index (χ1n) is 13.5. The zero-order chi connectivity index (χ0) is 29.1. The Morgan fingerprint density at radius 3 is 2.40 bits per heavy atom. The third-order valence-corrected chi connectivity index (χ3v) is 8.15. The number of carbonyl (C=O) groups is 2. The summed E-state index contributed by atoms with van der Waals surface area (Å²) in [6, 6.07) is 18.8. The summed E-state index contributed by atoms with van der Waals surface area (Å²) in [5, 5.41) is 3.35. The average Bonchev–Trinajstić information content (AvgIpc) is 3.48. The first kappa shape index (κ1) is 27.6. The van der Waals surface area contributed by atoms with E-state index in [1.807, 2.05) is 23.1 Å². The zero-order valence-electron chi connectivity index (χ0n) is 22.6. The van der Waals surface area contributed by atoms with Crippen LogP contribution < -0.4 is 25.2 Å². The first-order valence-corrected chi connectivity index (χ1v) is 14.5. The minimum atomic E-state index is -0.403. The maximum absolute atomic E-state index is 13.7. The molecule has 1 N–H and O–H groups in total. The molecule has 1 aromatic heterocycles. The standard InChI is InChI=1S/C30H28FN5O5S/c31-20-6-8-21(9-7-20)32-27(37)18-42-30-33-24-17-26-25(40-19-41-26)16-23(24)29(39)36(30)11-10-28(38)35-14-12-34(13-15-35)22-4-2-1-3-5-22/h1-9,16-17H,10-15,18-19H2,(H,32,37). The summed E-state index contributed by atoms with van der Waals surface area (Å²) in [4.78, 5) is 48.2. The summed E-state index contributed by atoms with van der Waals surface area (Å²) >= 11 is 1.09. The Kier molecular flexibility index (Phi) is 7.95. The molecular formula is C30H28FN5O5S. The molecule has 3 aromatic carbocycles. The molecule has 0 bridgehead atoms. The minimum absolute atomic E-state index is 0.0464. The number of piperazine rings is 1. The number of benzene rings is 3. The molecule has 1 saturated heterocycles. The normalized spacial score (nSPS) is 14.3. The van der Waals surface area contributed by atoms with Crippen molar-refractivity contribution in [2.24, 2.45) is 0 Å². The lowest BCUT2D eigenvalue weighted by atomic mass is 10.2. The fourth-order valence-electron chi connectivity index (χ4n) is 4.98. The Morgan fingerprint density at radius 2 is 1.67 bits per heavy atom. The van der Waals surface area contributed by atoms with Crippen LogP contribution in [0.25, 0.3) is 10.9 Å². The van der Waals surface area contributed by atoms with E-state index in [1.165, 1.54) is 28.8 Å². The Morgan fingerprint density at radius 1 is 0.952 bits per heavy atom. The van der Waals surface area contributed by atoms with Gasteiger partial charge in [0.25, 0.3) is 5.56 Å². The Bertz CT molecular complexity index is 1670. The van der Waals surface area contributed by atoms with Gasteiger partial charge in [-0.3, -0.25) is 19.0 Å². The number of halogens is 1. The summed E-state index contributed by atoms with van der Waals surface area (Å²) < 4.78 is 25.6. The van der Waals surface area contributed by atoms with E-state index in [0.29, 0.717) is 46.3 Å². The van der Waals surface area contributed by atoms with Crippen LogP contribution in [-0.2, 0) is 16.1 Å². The van der Waals surface area contributed by atoms with Crippen LogP contribution in [0.2, 0.25) is 0 Å². The molecule has 42 heavy (non-hydrogen) atoms. The van der Waals surface area contributed by atoms with Crippen LogP contribution in [0.5, 0.6) is 11.5 Å². The maximum atomic E-state index is 13.7. The number of hydrogen-bond donors (Lipinski definition) is 1. The molecule has 0 saturated carbocycles. The molecule has 10 nitrogen and oxygen atoms in total. The van der Waals surface area contributed by atoms with Crippen molar-refractivity contribution in [2.45, 2.75) is 18.1 Å². The molecule has 4 aromatic rings. The van der Waals surface area contributed by atoms with Crippen molar-refractivity contribution < 1.29 is 23.5 Å². The number of nitrogens with zero attached hydrogens (tertiary/aromatic N) is 4. The van der Waals surface area contributed by atoms with E-state index in [9.17, 15) is 18.8 Å². The second kappa shape index (κ2) is 12.1. The number of carbonyl (C=O) groups excluding carboxylic acids is 2. The van der Waals surface area contributed by atoms with Crippen molar-refractivity contribution in [1.29, 1.82) is 0 Å². The van der Waals surface area contributed by atoms with Crippen LogP contribution in [0, 0.1) is 5.82 Å². The number of para-hydroxylation sites is 1. The van der Waals surface area contributed by atoms with Crippen LogP contribution in [0.15, 0.2) is 76.7 Å². The monoisotopic (exact) mass is 589 g/mol. The lowest BCUT2D eigenvalue weighted by Gasteiger charge is -2.36. The summed E-state index contributed by atoms with van der Waals surface area (Å²) in [6.45, 7) is 2.79. The number of hydrogen-bond acceptors (Lipinski definition) is 8. The van der Waals surface area contributed by atoms with E-state index in [0.717, 1.165) is 30.5 Å². The predicted octanol–water partition coefficient (Wildman–Crippen LogP) is 3.73. The molecule has 0 unspecified atom stereocenters. The Labute approximate surface area is 245 Å². The number of ether oxygens (including phenoxy) is 2. The molecular weight excluding hydrogens is 561 g/mol. The van der Waals surface area contributed by atoms with Gasteiger partial charge in [-0.25, -0.2) is 9.37 Å². The highest BCUT2D eigenvalue weighted by Crippen LogP contribution is 2.35. The quantitative estimate of drug-likeness (QED) is 0.245. The molecule has 1 fully saturated rings. The van der Waals surface area contributed by atoms with Gasteiger partial charge in [0, 0.05) is 56.6 Å². The number of anilines is 2. The van der Waals surface area contributed by atoms with Gasteiger partial charge >= 0.3 is 0 Å². The largest absolute Gasteiger partial charge is 0.454 e. The van der Waals surface area contributed by atoms with Gasteiger partial charge in [0.15, 0.2) is 16.7 Å². The number of rotatable bonds is 8. The molecule has 2 amide bonds. The van der Waals surface area contributed by atoms with Crippen molar-refractivity contribution in [3.8, 4) is 11.5 Å². The third kappa shape index (κ3) is 6.03. The molecule has 2 aliphatic rings. The summed E-state index contributed by atoms with van der Waals surface area (Å²) in [6.07, 6.45) is 0.109. The zero-order valence-corrected chi connectivity index (χ0v) is 23.4. The SMILES string of the molecule is O=C(CSc1nc2cc3c(cc2c(=O)n1CCC(=O)N1CCN(c2ccccc2)CC1)OCO3)Nc1ccc(F)cc1. The van der Waals surface area contributed by atoms with Crippen LogP contribution in [0.3, 0.4) is 0 Å². The molecule has 12 heteroatoms. The predicted molar refractivity (Wildman–Crippen MR) is 158 cm³/mol. The van der Waals surface area contributed by atoms with Crippen molar-refractivity contribution in [2.75, 3.05) is 48.9 Å². The summed E-state index contributed by atoms with van der Waals surface area (Å²) in [7, 11) is 0. The van der Waals surface area contributed by atoms with E-state index < -0.39 is 5.82 Å². The van der Waals surface area contributed by atoms with Gasteiger partial charge in [-0.05, 0) is 42.5 Å². The Hall–Kier alpha value is -4.58. The van der Waals surface area contributed by atoms with Gasteiger partial charge in [0.1, 0.15) is 5.82 Å². The summed E-state index contributed by atoms with van der Waals surface area (Å²) in [5.74, 6) is 0.104. The number of nitrogens with one attached hydrogen (secondary N) is 1. The fourth-order valence-corrected chi connectivity index (χ4v) is 5.80. The lowest BCUT2D eigenvalue weighted by molar-refractivity contribution is -0.131.